The summed E-state index contributed by atoms with van der Waals surface area (Å²) in [7, 11) is 2.00. The zero-order chi connectivity index (χ0) is 17.5. The molecule has 3 rings (SSSR count). The average molecular weight is 358 g/mol. The molecule has 0 saturated carbocycles. The summed E-state index contributed by atoms with van der Waals surface area (Å²) in [5.41, 5.74) is 2.63. The third-order valence-electron chi connectivity index (χ3n) is 4.65. The molecule has 2 aromatic rings. The van der Waals surface area contributed by atoms with Crippen LogP contribution in [0.25, 0.3) is 0 Å². The lowest BCUT2D eigenvalue weighted by Crippen LogP contribution is -2.46. The normalized spacial score (nSPS) is 16.2. The molecule has 1 amide bonds. The van der Waals surface area contributed by atoms with Crippen molar-refractivity contribution in [2.45, 2.75) is 32.0 Å². The first-order valence-corrected chi connectivity index (χ1v) is 9.88. The Bertz CT molecular complexity index is 636. The van der Waals surface area contributed by atoms with Gasteiger partial charge in [-0.3, -0.25) is 14.6 Å². The first kappa shape index (κ1) is 18.1. The highest BCUT2D eigenvalue weighted by molar-refractivity contribution is 7.07. The molecule has 1 aliphatic rings. The molecule has 4 nitrogen and oxygen atoms in total. The average Bonchev–Trinajstić information content (AvgIpc) is 3.10. The molecule has 0 unspecified atom stereocenters. The van der Waals surface area contributed by atoms with Gasteiger partial charge in [0.25, 0.3) is 0 Å². The summed E-state index contributed by atoms with van der Waals surface area (Å²) in [5.74, 6) is 0.138. The molecule has 134 valence electrons. The minimum absolute atomic E-state index is 0.138. The Labute approximate surface area is 154 Å². The van der Waals surface area contributed by atoms with E-state index in [1.807, 2.05) is 7.05 Å². The lowest BCUT2D eigenvalue weighted by Gasteiger charge is -2.32. The smallest absolute Gasteiger partial charge is 0.234 e. The standard InChI is InChI=1S/C20H27N3OS/c1-22(13-18-9-12-25-16-18)15-20(24)21-19-7-10-23(11-8-19)14-17-5-3-2-4-6-17/h2-6,9,12,16,19H,7-8,10-11,13-15H2,1H3,(H,21,24). The van der Waals surface area contributed by atoms with Crippen molar-refractivity contribution in [3.8, 4) is 0 Å². The minimum atomic E-state index is 0.138. The Kier molecular flexibility index (Phi) is 6.62. The van der Waals surface area contributed by atoms with E-state index >= 15 is 0 Å². The van der Waals surface area contributed by atoms with Gasteiger partial charge in [0.1, 0.15) is 0 Å². The maximum Gasteiger partial charge on any atom is 0.234 e. The molecule has 2 heterocycles. The molecule has 1 fully saturated rings. The van der Waals surface area contributed by atoms with E-state index < -0.39 is 0 Å². The number of nitrogens with zero attached hydrogens (tertiary/aromatic N) is 2. The highest BCUT2D eigenvalue weighted by Crippen LogP contribution is 2.14. The molecule has 1 aromatic heterocycles. The molecule has 0 radical (unpaired) electrons. The van der Waals surface area contributed by atoms with Crippen molar-refractivity contribution in [3.63, 3.8) is 0 Å². The predicted octanol–water partition coefficient (Wildman–Crippen LogP) is 2.96. The Morgan fingerprint density at radius 1 is 1.20 bits per heavy atom. The summed E-state index contributed by atoms with van der Waals surface area (Å²) in [6.45, 7) is 4.38. The van der Waals surface area contributed by atoms with Gasteiger partial charge in [0.2, 0.25) is 5.91 Å². The summed E-state index contributed by atoms with van der Waals surface area (Å²) in [4.78, 5) is 16.8. The van der Waals surface area contributed by atoms with Gasteiger partial charge < -0.3 is 5.32 Å². The topological polar surface area (TPSA) is 35.6 Å². The van der Waals surface area contributed by atoms with Crippen LogP contribution in [0, 0.1) is 0 Å². The van der Waals surface area contributed by atoms with Crippen LogP contribution < -0.4 is 5.32 Å². The van der Waals surface area contributed by atoms with Crippen molar-refractivity contribution in [3.05, 3.63) is 58.3 Å². The second kappa shape index (κ2) is 9.13. The fourth-order valence-corrected chi connectivity index (χ4v) is 4.01. The molecule has 1 aromatic carbocycles. The van der Waals surface area contributed by atoms with Gasteiger partial charge in [-0.25, -0.2) is 0 Å². The van der Waals surface area contributed by atoms with E-state index in [1.54, 1.807) is 11.3 Å². The van der Waals surface area contributed by atoms with E-state index in [1.165, 1.54) is 11.1 Å². The van der Waals surface area contributed by atoms with Crippen molar-refractivity contribution in [2.75, 3.05) is 26.7 Å². The summed E-state index contributed by atoms with van der Waals surface area (Å²) in [6, 6.07) is 13.0. The number of thiophene rings is 1. The first-order valence-electron chi connectivity index (χ1n) is 8.94. The number of hydrogen-bond acceptors (Lipinski definition) is 4. The number of rotatable bonds is 7. The monoisotopic (exact) mass is 357 g/mol. The summed E-state index contributed by atoms with van der Waals surface area (Å²) in [5, 5.41) is 7.42. The van der Waals surface area contributed by atoms with Crippen molar-refractivity contribution in [1.82, 2.24) is 15.1 Å². The number of nitrogens with one attached hydrogen (secondary N) is 1. The predicted molar refractivity (Wildman–Crippen MR) is 104 cm³/mol. The van der Waals surface area contributed by atoms with Crippen molar-refractivity contribution in [1.29, 1.82) is 0 Å². The zero-order valence-electron chi connectivity index (χ0n) is 14.9. The van der Waals surface area contributed by atoms with Gasteiger partial charge in [-0.1, -0.05) is 30.3 Å². The molecule has 0 atom stereocenters. The lowest BCUT2D eigenvalue weighted by atomic mass is 10.0. The van der Waals surface area contributed by atoms with Gasteiger partial charge in [-0.2, -0.15) is 11.3 Å². The summed E-state index contributed by atoms with van der Waals surface area (Å²) in [6.07, 6.45) is 2.07. The number of piperidine rings is 1. The van der Waals surface area contributed by atoms with E-state index in [0.717, 1.165) is 39.0 Å². The van der Waals surface area contributed by atoms with Crippen molar-refractivity contribution >= 4 is 17.2 Å². The molecule has 0 aliphatic carbocycles. The largest absolute Gasteiger partial charge is 0.352 e. The zero-order valence-corrected chi connectivity index (χ0v) is 15.7. The van der Waals surface area contributed by atoms with Crippen LogP contribution in [0.15, 0.2) is 47.2 Å². The van der Waals surface area contributed by atoms with Gasteiger partial charge in [-0.15, -0.1) is 0 Å². The van der Waals surface area contributed by atoms with Gasteiger partial charge in [0.05, 0.1) is 6.54 Å². The van der Waals surface area contributed by atoms with Crippen LogP contribution in [0.2, 0.25) is 0 Å². The van der Waals surface area contributed by atoms with E-state index in [0.29, 0.717) is 12.6 Å². The van der Waals surface area contributed by atoms with Crippen LogP contribution >= 0.6 is 11.3 Å². The van der Waals surface area contributed by atoms with Crippen LogP contribution in [0.4, 0.5) is 0 Å². The quantitative estimate of drug-likeness (QED) is 0.827. The fraction of sp³-hybridized carbons (Fsp3) is 0.450. The van der Waals surface area contributed by atoms with Crippen LogP contribution in [-0.4, -0.2) is 48.4 Å². The van der Waals surface area contributed by atoms with Gasteiger partial charge in [0, 0.05) is 32.2 Å². The second-order valence-electron chi connectivity index (χ2n) is 6.91. The highest BCUT2D eigenvalue weighted by atomic mass is 32.1. The maximum atomic E-state index is 12.3. The molecule has 0 bridgehead atoms. The molecular weight excluding hydrogens is 330 g/mol. The van der Waals surface area contributed by atoms with Crippen molar-refractivity contribution in [2.24, 2.45) is 0 Å². The third kappa shape index (κ3) is 5.96. The summed E-state index contributed by atoms with van der Waals surface area (Å²) < 4.78 is 0. The number of carbonyl (C=O) groups excluding carboxylic acids is 1. The summed E-state index contributed by atoms with van der Waals surface area (Å²) >= 11 is 1.70. The third-order valence-corrected chi connectivity index (χ3v) is 5.38. The molecule has 1 saturated heterocycles. The molecule has 0 spiro atoms. The van der Waals surface area contributed by atoms with E-state index in [4.69, 9.17) is 0 Å². The lowest BCUT2D eigenvalue weighted by molar-refractivity contribution is -0.123. The first-order chi connectivity index (χ1) is 12.2. The number of benzene rings is 1. The number of amides is 1. The Morgan fingerprint density at radius 3 is 2.64 bits per heavy atom. The Morgan fingerprint density at radius 2 is 1.96 bits per heavy atom. The SMILES string of the molecule is CN(CC(=O)NC1CCN(Cc2ccccc2)CC1)Cc1ccsc1. The molecule has 5 heteroatoms. The second-order valence-corrected chi connectivity index (χ2v) is 7.69. The van der Waals surface area contributed by atoms with E-state index in [2.05, 4.69) is 62.3 Å². The van der Waals surface area contributed by atoms with Crippen LogP contribution in [-0.2, 0) is 17.9 Å². The number of likely N-dealkylation sites (N-methyl/N-ethyl adjacent to an activating group) is 1. The van der Waals surface area contributed by atoms with Crippen LogP contribution in [0.1, 0.15) is 24.0 Å². The Hall–Kier alpha value is -1.69. The number of likely N-dealkylation sites (tertiary alicyclic amines) is 1. The number of hydrogen-bond donors (Lipinski definition) is 1. The fourth-order valence-electron chi connectivity index (χ4n) is 3.35. The van der Waals surface area contributed by atoms with Crippen LogP contribution in [0.3, 0.4) is 0 Å². The van der Waals surface area contributed by atoms with E-state index in [-0.39, 0.29) is 5.91 Å². The minimum Gasteiger partial charge on any atom is -0.352 e. The van der Waals surface area contributed by atoms with Crippen LogP contribution in [0.5, 0.6) is 0 Å². The number of carbonyl (C=O) groups is 1. The van der Waals surface area contributed by atoms with Gasteiger partial charge >= 0.3 is 0 Å². The molecule has 25 heavy (non-hydrogen) atoms. The van der Waals surface area contributed by atoms with Crippen molar-refractivity contribution < 1.29 is 4.79 Å². The van der Waals surface area contributed by atoms with E-state index in [9.17, 15) is 4.79 Å². The Balaban J connectivity index is 1.36. The van der Waals surface area contributed by atoms with Gasteiger partial charge in [0.15, 0.2) is 0 Å². The molecular formula is C20H27N3OS. The van der Waals surface area contributed by atoms with Gasteiger partial charge in [-0.05, 0) is 47.8 Å². The maximum absolute atomic E-state index is 12.3. The highest BCUT2D eigenvalue weighted by Gasteiger charge is 2.21. The molecule has 1 N–H and O–H groups in total. The molecule has 1 aliphatic heterocycles.